The highest BCUT2D eigenvalue weighted by molar-refractivity contribution is 5.93. The highest BCUT2D eigenvalue weighted by Gasteiger charge is 2.57. The first-order valence-corrected chi connectivity index (χ1v) is 7.23. The van der Waals surface area contributed by atoms with Gasteiger partial charge in [0.1, 0.15) is 5.75 Å². The van der Waals surface area contributed by atoms with Gasteiger partial charge in [0.15, 0.2) is 0 Å². The fourth-order valence-electron chi connectivity index (χ4n) is 3.33. The first kappa shape index (κ1) is 14.6. The molecule has 0 radical (unpaired) electrons. The molecule has 0 saturated heterocycles. The quantitative estimate of drug-likeness (QED) is 0.631. The van der Waals surface area contributed by atoms with Crippen molar-refractivity contribution in [3.05, 3.63) is 42.0 Å². The first-order valence-electron chi connectivity index (χ1n) is 7.23. The van der Waals surface area contributed by atoms with E-state index in [1.807, 2.05) is 6.08 Å². The zero-order valence-corrected chi connectivity index (χ0v) is 12.6. The van der Waals surface area contributed by atoms with E-state index in [1.54, 1.807) is 31.4 Å². The maximum absolute atomic E-state index is 12.4. The summed E-state index contributed by atoms with van der Waals surface area (Å²) < 4.78 is 15.6. The molecule has 22 heavy (non-hydrogen) atoms. The molecule has 116 valence electrons. The van der Waals surface area contributed by atoms with E-state index in [4.69, 9.17) is 14.2 Å². The van der Waals surface area contributed by atoms with Gasteiger partial charge in [-0.25, -0.2) is 9.59 Å². The Kier molecular flexibility index (Phi) is 3.64. The largest absolute Gasteiger partial charge is 0.497 e. The summed E-state index contributed by atoms with van der Waals surface area (Å²) in [6.45, 7) is 0. The van der Waals surface area contributed by atoms with Crippen LogP contribution in [-0.4, -0.2) is 31.8 Å². The number of carbonyl (C=O) groups is 2. The van der Waals surface area contributed by atoms with E-state index >= 15 is 0 Å². The summed E-state index contributed by atoms with van der Waals surface area (Å²) in [7, 11) is 2.88. The molecule has 0 amide bonds. The molecule has 5 heteroatoms. The van der Waals surface area contributed by atoms with Crippen LogP contribution in [-0.2, 0) is 14.3 Å². The molecule has 1 aromatic carbocycles. The molecule has 3 atom stereocenters. The minimum absolute atomic E-state index is 0.104. The van der Waals surface area contributed by atoms with Crippen LogP contribution in [0.25, 0.3) is 0 Å². The molecule has 0 aliphatic heterocycles. The Hall–Kier alpha value is -2.30. The predicted octanol–water partition coefficient (Wildman–Crippen LogP) is 2.36. The van der Waals surface area contributed by atoms with Gasteiger partial charge in [0.25, 0.3) is 0 Å². The number of rotatable bonds is 4. The number of esters is 2. The molecule has 0 N–H and O–H groups in total. The number of ether oxygens (including phenoxy) is 3. The minimum Gasteiger partial charge on any atom is -0.497 e. The third-order valence-electron chi connectivity index (χ3n) is 4.47. The van der Waals surface area contributed by atoms with Crippen molar-refractivity contribution in [2.75, 3.05) is 14.2 Å². The Morgan fingerprint density at radius 3 is 2.36 bits per heavy atom. The number of carbonyl (C=O) groups excluding carboxylic acids is 2. The molecule has 2 aliphatic carbocycles. The van der Waals surface area contributed by atoms with Crippen LogP contribution in [0, 0.1) is 11.8 Å². The van der Waals surface area contributed by atoms with Gasteiger partial charge in [-0.15, -0.1) is 0 Å². The Labute approximate surface area is 128 Å². The van der Waals surface area contributed by atoms with Crippen LogP contribution < -0.4 is 4.74 Å². The highest BCUT2D eigenvalue weighted by atomic mass is 16.6. The minimum atomic E-state index is -1.19. The molecule has 3 rings (SSSR count). The van der Waals surface area contributed by atoms with E-state index in [0.29, 0.717) is 17.7 Å². The summed E-state index contributed by atoms with van der Waals surface area (Å²) in [5.74, 6) is -0.179. The molecule has 2 aliphatic rings. The van der Waals surface area contributed by atoms with Crippen LogP contribution in [0.3, 0.4) is 0 Å². The van der Waals surface area contributed by atoms with Gasteiger partial charge in [-0.1, -0.05) is 12.2 Å². The Bertz CT molecular complexity index is 618. The van der Waals surface area contributed by atoms with Gasteiger partial charge < -0.3 is 14.2 Å². The van der Waals surface area contributed by atoms with Crippen LogP contribution in [0.5, 0.6) is 5.75 Å². The van der Waals surface area contributed by atoms with E-state index in [-0.39, 0.29) is 11.8 Å². The lowest BCUT2D eigenvalue weighted by Crippen LogP contribution is -2.47. The average molecular weight is 302 g/mol. The van der Waals surface area contributed by atoms with E-state index < -0.39 is 17.5 Å². The fourth-order valence-corrected chi connectivity index (χ4v) is 3.33. The molecule has 0 aromatic heterocycles. The Morgan fingerprint density at radius 1 is 1.14 bits per heavy atom. The van der Waals surface area contributed by atoms with Gasteiger partial charge in [0, 0.05) is 12.3 Å². The number of hydrogen-bond acceptors (Lipinski definition) is 5. The lowest BCUT2D eigenvalue weighted by Gasteiger charge is -2.32. The molecule has 2 bridgehead atoms. The number of fused-ring (bicyclic) bond motifs is 2. The van der Waals surface area contributed by atoms with Crippen molar-refractivity contribution in [3.63, 3.8) is 0 Å². The molecule has 1 saturated carbocycles. The van der Waals surface area contributed by atoms with Crippen LogP contribution in [0.2, 0.25) is 0 Å². The molecule has 0 unspecified atom stereocenters. The lowest BCUT2D eigenvalue weighted by molar-refractivity contribution is -0.166. The van der Waals surface area contributed by atoms with Crippen molar-refractivity contribution in [3.8, 4) is 5.75 Å². The molecule has 5 nitrogen and oxygen atoms in total. The van der Waals surface area contributed by atoms with E-state index in [2.05, 4.69) is 6.08 Å². The summed E-state index contributed by atoms with van der Waals surface area (Å²) in [5.41, 5.74) is -0.804. The lowest BCUT2D eigenvalue weighted by atomic mass is 9.88. The van der Waals surface area contributed by atoms with Crippen molar-refractivity contribution in [1.29, 1.82) is 0 Å². The number of allylic oxidation sites excluding steroid dienone is 1. The summed E-state index contributed by atoms with van der Waals surface area (Å²) in [5, 5.41) is 0. The summed E-state index contributed by atoms with van der Waals surface area (Å²) in [4.78, 5) is 24.6. The first-order chi connectivity index (χ1) is 10.6. The van der Waals surface area contributed by atoms with Crippen LogP contribution in [0.15, 0.2) is 36.4 Å². The monoisotopic (exact) mass is 302 g/mol. The molecule has 0 spiro atoms. The van der Waals surface area contributed by atoms with Gasteiger partial charge >= 0.3 is 11.9 Å². The van der Waals surface area contributed by atoms with Crippen LogP contribution in [0.4, 0.5) is 0 Å². The Morgan fingerprint density at radius 2 is 1.86 bits per heavy atom. The smallest absolute Gasteiger partial charge is 0.351 e. The van der Waals surface area contributed by atoms with Crippen molar-refractivity contribution in [2.24, 2.45) is 11.8 Å². The normalized spacial score (nSPS) is 28.5. The molecule has 1 aromatic rings. The number of hydrogen-bond donors (Lipinski definition) is 0. The van der Waals surface area contributed by atoms with Gasteiger partial charge in [-0.05, 0) is 36.6 Å². The summed E-state index contributed by atoms with van der Waals surface area (Å²) >= 11 is 0. The molecule has 0 heterocycles. The maximum atomic E-state index is 12.4. The molecule has 1 fully saturated rings. The summed E-state index contributed by atoms with van der Waals surface area (Å²) in [6.07, 6.45) is 5.34. The third-order valence-corrected chi connectivity index (χ3v) is 4.47. The topological polar surface area (TPSA) is 61.8 Å². The highest BCUT2D eigenvalue weighted by Crippen LogP contribution is 2.49. The van der Waals surface area contributed by atoms with Gasteiger partial charge in [-0.2, -0.15) is 0 Å². The number of benzene rings is 1. The second-order valence-corrected chi connectivity index (χ2v) is 5.69. The molecular formula is C17H18O5. The zero-order valence-electron chi connectivity index (χ0n) is 12.6. The SMILES string of the molecule is COC(=O)[C@@]1(OC(=O)c2ccc(OC)cc2)C[C@H]2C=C[C@@H]1C2. The fraction of sp³-hybridized carbons (Fsp3) is 0.412. The second kappa shape index (κ2) is 5.48. The number of methoxy groups -OCH3 is 2. The Balaban J connectivity index is 1.83. The van der Waals surface area contributed by atoms with Gasteiger partial charge in [0.2, 0.25) is 5.60 Å². The predicted molar refractivity (Wildman–Crippen MR) is 78.5 cm³/mol. The zero-order chi connectivity index (χ0) is 15.7. The van der Waals surface area contributed by atoms with Crippen molar-refractivity contribution in [1.82, 2.24) is 0 Å². The standard InChI is InChI=1S/C17H18O5/c1-20-14-7-4-12(5-8-14)15(18)22-17(16(19)21-2)10-11-3-6-13(17)9-11/h3-8,11,13H,9-10H2,1-2H3/t11-,13+,17+/m0/s1. The van der Waals surface area contributed by atoms with Crippen molar-refractivity contribution >= 4 is 11.9 Å². The van der Waals surface area contributed by atoms with Gasteiger partial charge in [0.05, 0.1) is 19.8 Å². The van der Waals surface area contributed by atoms with E-state index in [0.717, 1.165) is 6.42 Å². The van der Waals surface area contributed by atoms with Crippen molar-refractivity contribution in [2.45, 2.75) is 18.4 Å². The second-order valence-electron chi connectivity index (χ2n) is 5.69. The summed E-state index contributed by atoms with van der Waals surface area (Å²) in [6, 6.07) is 6.61. The molecular weight excluding hydrogens is 284 g/mol. The maximum Gasteiger partial charge on any atom is 0.351 e. The third kappa shape index (κ3) is 2.26. The van der Waals surface area contributed by atoms with Gasteiger partial charge in [-0.3, -0.25) is 0 Å². The van der Waals surface area contributed by atoms with E-state index in [9.17, 15) is 9.59 Å². The van der Waals surface area contributed by atoms with E-state index in [1.165, 1.54) is 7.11 Å². The van der Waals surface area contributed by atoms with Crippen molar-refractivity contribution < 1.29 is 23.8 Å². The average Bonchev–Trinajstić information content (AvgIpc) is 3.15. The van der Waals surface area contributed by atoms with Crippen LogP contribution in [0.1, 0.15) is 23.2 Å². The van der Waals surface area contributed by atoms with Crippen LogP contribution >= 0.6 is 0 Å².